The molecule has 0 aliphatic carbocycles. The molecule has 1 aromatic rings. The summed E-state index contributed by atoms with van der Waals surface area (Å²) in [4.78, 5) is 27.0. The average molecular weight is 332 g/mol. The molecule has 0 saturated carbocycles. The molecular weight excluding hydrogens is 308 g/mol. The Morgan fingerprint density at radius 2 is 1.87 bits per heavy atom. The van der Waals surface area contributed by atoms with Gasteiger partial charge in [0.2, 0.25) is 5.91 Å². The molecule has 124 valence electrons. The molecule has 2 saturated heterocycles. The zero-order chi connectivity index (χ0) is 16.4. The number of hydrogen-bond acceptors (Lipinski definition) is 3. The first-order chi connectivity index (χ1) is 11.0. The molecule has 0 aromatic heterocycles. The van der Waals surface area contributed by atoms with Crippen molar-refractivity contribution in [2.24, 2.45) is 5.92 Å². The van der Waals surface area contributed by atoms with E-state index >= 15 is 0 Å². The summed E-state index contributed by atoms with van der Waals surface area (Å²) in [6.07, 6.45) is 1.77. The van der Waals surface area contributed by atoms with Crippen LogP contribution in [0.15, 0.2) is 18.2 Å². The Kier molecular flexibility index (Phi) is 4.95. The summed E-state index contributed by atoms with van der Waals surface area (Å²) >= 11 is 1.86. The highest BCUT2D eigenvalue weighted by atomic mass is 32.2. The molecule has 2 heterocycles. The minimum atomic E-state index is -0.0655. The monoisotopic (exact) mass is 332 g/mol. The van der Waals surface area contributed by atoms with Crippen LogP contribution in [0.25, 0.3) is 0 Å². The van der Waals surface area contributed by atoms with E-state index in [-0.39, 0.29) is 17.7 Å². The van der Waals surface area contributed by atoms with Gasteiger partial charge in [-0.2, -0.15) is 11.8 Å². The molecule has 2 fully saturated rings. The zero-order valence-corrected chi connectivity index (χ0v) is 14.6. The number of carbonyl (C=O) groups excluding carboxylic acids is 2. The second kappa shape index (κ2) is 6.95. The van der Waals surface area contributed by atoms with Crippen molar-refractivity contribution >= 4 is 23.6 Å². The van der Waals surface area contributed by atoms with E-state index in [9.17, 15) is 9.59 Å². The number of carbonyl (C=O) groups is 2. The smallest absolute Gasteiger partial charge is 0.253 e. The van der Waals surface area contributed by atoms with Gasteiger partial charge in [0.05, 0.1) is 5.92 Å². The minimum Gasteiger partial charge on any atom is -0.351 e. The molecule has 2 amide bonds. The van der Waals surface area contributed by atoms with Crippen LogP contribution >= 0.6 is 11.8 Å². The molecular formula is C18H24N2O2S. The number of rotatable bonds is 3. The second-order valence-electron chi connectivity index (χ2n) is 6.71. The SMILES string of the molecule is Cc1cc(C)cc(C(=O)N2CCC[C@H](C(=O)NC3CSC3)C2)c1. The van der Waals surface area contributed by atoms with Crippen LogP contribution in [0.4, 0.5) is 0 Å². The van der Waals surface area contributed by atoms with E-state index < -0.39 is 0 Å². The van der Waals surface area contributed by atoms with E-state index in [1.54, 1.807) is 0 Å². The summed E-state index contributed by atoms with van der Waals surface area (Å²) in [5.41, 5.74) is 2.93. The molecule has 4 nitrogen and oxygen atoms in total. The van der Waals surface area contributed by atoms with E-state index in [1.807, 2.05) is 42.6 Å². The summed E-state index contributed by atoms with van der Waals surface area (Å²) in [5.74, 6) is 2.14. The number of thioether (sulfide) groups is 1. The Morgan fingerprint density at radius 1 is 1.17 bits per heavy atom. The van der Waals surface area contributed by atoms with Gasteiger partial charge in [-0.1, -0.05) is 17.2 Å². The van der Waals surface area contributed by atoms with Crippen LogP contribution in [-0.2, 0) is 4.79 Å². The second-order valence-corrected chi connectivity index (χ2v) is 7.78. The Labute approximate surface area is 142 Å². The van der Waals surface area contributed by atoms with Crippen LogP contribution in [0, 0.1) is 19.8 Å². The van der Waals surface area contributed by atoms with Gasteiger partial charge in [0.1, 0.15) is 0 Å². The number of hydrogen-bond donors (Lipinski definition) is 1. The lowest BCUT2D eigenvalue weighted by atomic mass is 9.96. The molecule has 2 aliphatic heterocycles. The lowest BCUT2D eigenvalue weighted by molar-refractivity contribution is -0.126. The maximum absolute atomic E-state index is 12.8. The third kappa shape index (κ3) is 3.89. The molecule has 0 radical (unpaired) electrons. The van der Waals surface area contributed by atoms with Crippen LogP contribution in [0.5, 0.6) is 0 Å². The molecule has 1 atom stereocenters. The summed E-state index contributed by atoms with van der Waals surface area (Å²) in [6, 6.07) is 6.27. The largest absolute Gasteiger partial charge is 0.351 e. The number of aryl methyl sites for hydroxylation is 2. The van der Waals surface area contributed by atoms with Crippen molar-refractivity contribution in [2.45, 2.75) is 32.7 Å². The normalized spacial score (nSPS) is 21.7. The van der Waals surface area contributed by atoms with Crippen molar-refractivity contribution in [1.29, 1.82) is 0 Å². The summed E-state index contributed by atoms with van der Waals surface area (Å²) in [6.45, 7) is 5.30. The van der Waals surface area contributed by atoms with Crippen LogP contribution in [0.1, 0.15) is 34.3 Å². The van der Waals surface area contributed by atoms with Gasteiger partial charge in [-0.15, -0.1) is 0 Å². The predicted octanol–water partition coefficient (Wildman–Crippen LogP) is 2.39. The van der Waals surface area contributed by atoms with Gasteiger partial charge >= 0.3 is 0 Å². The highest BCUT2D eigenvalue weighted by Crippen LogP contribution is 2.22. The fraction of sp³-hybridized carbons (Fsp3) is 0.556. The van der Waals surface area contributed by atoms with Gasteiger partial charge in [-0.3, -0.25) is 9.59 Å². The Balaban J connectivity index is 1.65. The number of nitrogens with zero attached hydrogens (tertiary/aromatic N) is 1. The predicted molar refractivity (Wildman–Crippen MR) is 93.8 cm³/mol. The van der Waals surface area contributed by atoms with E-state index in [2.05, 4.69) is 11.4 Å². The number of nitrogens with one attached hydrogen (secondary N) is 1. The third-order valence-electron chi connectivity index (χ3n) is 4.53. The minimum absolute atomic E-state index is 0.0495. The van der Waals surface area contributed by atoms with Gasteiger partial charge < -0.3 is 10.2 Å². The molecule has 0 bridgehead atoms. The van der Waals surface area contributed by atoms with Crippen molar-refractivity contribution in [3.8, 4) is 0 Å². The molecule has 0 spiro atoms. The number of likely N-dealkylation sites (tertiary alicyclic amines) is 1. The zero-order valence-electron chi connectivity index (χ0n) is 13.8. The molecule has 0 unspecified atom stereocenters. The van der Waals surface area contributed by atoms with Crippen molar-refractivity contribution < 1.29 is 9.59 Å². The first-order valence-electron chi connectivity index (χ1n) is 8.28. The summed E-state index contributed by atoms with van der Waals surface area (Å²) in [5, 5.41) is 3.11. The van der Waals surface area contributed by atoms with E-state index in [1.165, 1.54) is 0 Å². The quantitative estimate of drug-likeness (QED) is 0.924. The topological polar surface area (TPSA) is 49.4 Å². The number of amides is 2. The molecule has 2 aliphatic rings. The number of piperidine rings is 1. The fourth-order valence-electron chi connectivity index (χ4n) is 3.29. The van der Waals surface area contributed by atoms with Crippen LogP contribution in [0.3, 0.4) is 0 Å². The molecule has 5 heteroatoms. The average Bonchev–Trinajstić information content (AvgIpc) is 2.49. The summed E-state index contributed by atoms with van der Waals surface area (Å²) < 4.78 is 0. The molecule has 1 aromatic carbocycles. The Hall–Kier alpha value is -1.49. The maximum atomic E-state index is 12.8. The van der Waals surface area contributed by atoms with Crippen LogP contribution in [0.2, 0.25) is 0 Å². The maximum Gasteiger partial charge on any atom is 0.253 e. The fourth-order valence-corrected chi connectivity index (χ4v) is 3.93. The highest BCUT2D eigenvalue weighted by molar-refractivity contribution is 8.00. The van der Waals surface area contributed by atoms with Crippen molar-refractivity contribution in [3.05, 3.63) is 34.9 Å². The summed E-state index contributed by atoms with van der Waals surface area (Å²) in [7, 11) is 0. The van der Waals surface area contributed by atoms with Crippen LogP contribution in [-0.4, -0.2) is 47.4 Å². The van der Waals surface area contributed by atoms with Gasteiger partial charge in [-0.05, 0) is 38.8 Å². The van der Waals surface area contributed by atoms with E-state index in [0.29, 0.717) is 12.6 Å². The van der Waals surface area contributed by atoms with E-state index in [0.717, 1.165) is 47.6 Å². The standard InChI is InChI=1S/C18H24N2O2S/c1-12-6-13(2)8-15(7-12)18(22)20-5-3-4-14(9-20)17(21)19-16-10-23-11-16/h6-8,14,16H,3-5,9-11H2,1-2H3,(H,19,21)/t14-/m0/s1. The third-order valence-corrected chi connectivity index (χ3v) is 5.81. The Morgan fingerprint density at radius 3 is 2.48 bits per heavy atom. The Bertz CT molecular complexity index is 593. The number of benzene rings is 1. The highest BCUT2D eigenvalue weighted by Gasteiger charge is 2.31. The lowest BCUT2D eigenvalue weighted by Crippen LogP contribution is -2.50. The van der Waals surface area contributed by atoms with Crippen LogP contribution < -0.4 is 5.32 Å². The van der Waals surface area contributed by atoms with Crippen molar-refractivity contribution in [2.75, 3.05) is 24.6 Å². The van der Waals surface area contributed by atoms with Crippen molar-refractivity contribution in [3.63, 3.8) is 0 Å². The van der Waals surface area contributed by atoms with Gasteiger partial charge in [0, 0.05) is 36.2 Å². The first-order valence-corrected chi connectivity index (χ1v) is 9.44. The van der Waals surface area contributed by atoms with Crippen molar-refractivity contribution in [1.82, 2.24) is 10.2 Å². The lowest BCUT2D eigenvalue weighted by Gasteiger charge is -2.34. The van der Waals surface area contributed by atoms with Gasteiger partial charge in [0.15, 0.2) is 0 Å². The first kappa shape index (κ1) is 16.4. The molecule has 23 heavy (non-hydrogen) atoms. The molecule has 3 rings (SSSR count). The van der Waals surface area contributed by atoms with Gasteiger partial charge in [-0.25, -0.2) is 0 Å². The van der Waals surface area contributed by atoms with E-state index in [4.69, 9.17) is 0 Å². The van der Waals surface area contributed by atoms with Gasteiger partial charge in [0.25, 0.3) is 5.91 Å². The molecule has 1 N–H and O–H groups in total.